The van der Waals surface area contributed by atoms with Crippen LogP contribution in [0, 0.1) is 5.92 Å². The minimum Gasteiger partial charge on any atom is -0.496 e. The van der Waals surface area contributed by atoms with Crippen LogP contribution in [-0.4, -0.2) is 74.3 Å². The SMILES string of the molecule is C=CCNC(=O)N1CCOC(CN(CC2CC2)C(=O)c2ccccc2OC)C1. The van der Waals surface area contributed by atoms with Gasteiger partial charge in [-0.05, 0) is 30.9 Å². The van der Waals surface area contributed by atoms with Gasteiger partial charge >= 0.3 is 6.03 Å². The number of rotatable bonds is 8. The number of nitrogens with zero attached hydrogens (tertiary/aromatic N) is 2. The molecule has 1 heterocycles. The van der Waals surface area contributed by atoms with Crippen LogP contribution in [-0.2, 0) is 4.74 Å². The first-order chi connectivity index (χ1) is 13.6. The Balaban J connectivity index is 1.67. The maximum atomic E-state index is 13.2. The summed E-state index contributed by atoms with van der Waals surface area (Å²) in [6, 6.07) is 7.15. The van der Waals surface area contributed by atoms with Gasteiger partial charge in [0.25, 0.3) is 5.91 Å². The van der Waals surface area contributed by atoms with Gasteiger partial charge in [-0.2, -0.15) is 0 Å². The first kappa shape index (κ1) is 20.2. The number of carbonyl (C=O) groups is 2. The molecule has 0 aromatic heterocycles. The van der Waals surface area contributed by atoms with E-state index < -0.39 is 0 Å². The molecule has 1 aromatic carbocycles. The van der Waals surface area contributed by atoms with Crippen LogP contribution in [0.3, 0.4) is 0 Å². The highest BCUT2D eigenvalue weighted by Gasteiger charge is 2.32. The van der Waals surface area contributed by atoms with E-state index in [1.54, 1.807) is 30.2 Å². The fourth-order valence-electron chi connectivity index (χ4n) is 3.38. The predicted molar refractivity (Wildman–Crippen MR) is 107 cm³/mol. The average Bonchev–Trinajstić information content (AvgIpc) is 3.55. The van der Waals surface area contributed by atoms with Crippen LogP contribution < -0.4 is 10.1 Å². The molecule has 1 atom stereocenters. The summed E-state index contributed by atoms with van der Waals surface area (Å²) >= 11 is 0. The van der Waals surface area contributed by atoms with Crippen molar-refractivity contribution in [2.45, 2.75) is 18.9 Å². The topological polar surface area (TPSA) is 71.1 Å². The Labute approximate surface area is 166 Å². The highest BCUT2D eigenvalue weighted by molar-refractivity contribution is 5.97. The fourth-order valence-corrected chi connectivity index (χ4v) is 3.38. The second kappa shape index (κ2) is 9.59. The summed E-state index contributed by atoms with van der Waals surface area (Å²) in [7, 11) is 1.57. The molecule has 2 aliphatic rings. The largest absolute Gasteiger partial charge is 0.496 e. The smallest absolute Gasteiger partial charge is 0.317 e. The molecule has 7 nitrogen and oxygen atoms in total. The first-order valence-corrected chi connectivity index (χ1v) is 9.80. The lowest BCUT2D eigenvalue weighted by molar-refractivity contribution is -0.0280. The van der Waals surface area contributed by atoms with E-state index in [-0.39, 0.29) is 18.0 Å². The van der Waals surface area contributed by atoms with Crippen LogP contribution in [0.4, 0.5) is 4.79 Å². The van der Waals surface area contributed by atoms with Gasteiger partial charge in [-0.1, -0.05) is 18.2 Å². The van der Waals surface area contributed by atoms with Gasteiger partial charge < -0.3 is 24.6 Å². The van der Waals surface area contributed by atoms with E-state index in [1.807, 2.05) is 17.0 Å². The first-order valence-electron chi connectivity index (χ1n) is 9.80. The van der Waals surface area contributed by atoms with Gasteiger partial charge in [-0.15, -0.1) is 6.58 Å². The number of amides is 3. The van der Waals surface area contributed by atoms with Crippen molar-refractivity contribution in [3.05, 3.63) is 42.5 Å². The number of para-hydroxylation sites is 1. The summed E-state index contributed by atoms with van der Waals surface area (Å²) in [6.45, 7) is 6.68. The minimum atomic E-state index is -0.208. The van der Waals surface area contributed by atoms with Crippen LogP contribution in [0.2, 0.25) is 0 Å². The molecule has 1 N–H and O–H groups in total. The third-order valence-corrected chi connectivity index (χ3v) is 5.05. The van der Waals surface area contributed by atoms with E-state index in [1.165, 1.54) is 0 Å². The third kappa shape index (κ3) is 5.25. The Morgan fingerprint density at radius 2 is 2.14 bits per heavy atom. The number of morpholine rings is 1. The average molecular weight is 387 g/mol. The van der Waals surface area contributed by atoms with Crippen LogP contribution in [0.1, 0.15) is 23.2 Å². The highest BCUT2D eigenvalue weighted by atomic mass is 16.5. The number of benzene rings is 1. The monoisotopic (exact) mass is 387 g/mol. The molecule has 7 heteroatoms. The molecule has 1 saturated heterocycles. The summed E-state index contributed by atoms with van der Waals surface area (Å²) in [6.07, 6.45) is 3.74. The Morgan fingerprint density at radius 3 is 2.86 bits per heavy atom. The zero-order valence-electron chi connectivity index (χ0n) is 16.4. The molecule has 3 amide bonds. The predicted octanol–water partition coefficient (Wildman–Crippen LogP) is 2.14. The van der Waals surface area contributed by atoms with Crippen molar-refractivity contribution in [3.8, 4) is 5.75 Å². The van der Waals surface area contributed by atoms with Crippen LogP contribution in [0.5, 0.6) is 5.75 Å². The third-order valence-electron chi connectivity index (χ3n) is 5.05. The number of hydrogen-bond donors (Lipinski definition) is 1. The van der Waals surface area contributed by atoms with Crippen LogP contribution >= 0.6 is 0 Å². The molecule has 0 radical (unpaired) electrons. The molecular formula is C21H29N3O4. The molecule has 0 spiro atoms. The Kier molecular flexibility index (Phi) is 6.92. The molecule has 28 heavy (non-hydrogen) atoms. The zero-order chi connectivity index (χ0) is 19.9. The van der Waals surface area contributed by atoms with E-state index >= 15 is 0 Å². The summed E-state index contributed by atoms with van der Waals surface area (Å²) in [4.78, 5) is 29.0. The van der Waals surface area contributed by atoms with Gasteiger partial charge in [-0.3, -0.25) is 4.79 Å². The van der Waals surface area contributed by atoms with Crippen molar-refractivity contribution in [2.75, 3.05) is 46.4 Å². The number of hydrogen-bond acceptors (Lipinski definition) is 4. The molecule has 152 valence electrons. The maximum absolute atomic E-state index is 13.2. The number of carbonyl (C=O) groups excluding carboxylic acids is 2. The fraction of sp³-hybridized carbons (Fsp3) is 0.524. The zero-order valence-corrected chi connectivity index (χ0v) is 16.4. The molecular weight excluding hydrogens is 358 g/mol. The normalized spacial score (nSPS) is 19.0. The van der Waals surface area contributed by atoms with Gasteiger partial charge in [0.05, 0.1) is 31.9 Å². The summed E-state index contributed by atoms with van der Waals surface area (Å²) in [5, 5.41) is 2.80. The van der Waals surface area contributed by atoms with Gasteiger partial charge in [0.1, 0.15) is 5.75 Å². The molecule has 1 aliphatic carbocycles. The lowest BCUT2D eigenvalue weighted by atomic mass is 10.1. The second-order valence-corrected chi connectivity index (χ2v) is 7.27. The van der Waals surface area contributed by atoms with E-state index in [4.69, 9.17) is 9.47 Å². The molecule has 1 aliphatic heterocycles. The minimum absolute atomic E-state index is 0.0545. The van der Waals surface area contributed by atoms with Crippen LogP contribution in [0.25, 0.3) is 0 Å². The second-order valence-electron chi connectivity index (χ2n) is 7.27. The van der Waals surface area contributed by atoms with Crippen LogP contribution in [0.15, 0.2) is 36.9 Å². The number of ether oxygens (including phenoxy) is 2. The van der Waals surface area contributed by atoms with Gasteiger partial charge in [0.2, 0.25) is 0 Å². The lowest BCUT2D eigenvalue weighted by Gasteiger charge is -2.36. The summed E-state index contributed by atoms with van der Waals surface area (Å²) in [5.41, 5.74) is 0.557. The molecule has 0 bridgehead atoms. The van der Waals surface area contributed by atoms with E-state index in [9.17, 15) is 9.59 Å². The lowest BCUT2D eigenvalue weighted by Crippen LogP contribution is -2.53. The van der Waals surface area contributed by atoms with Crippen molar-refractivity contribution in [1.82, 2.24) is 15.1 Å². The highest BCUT2D eigenvalue weighted by Crippen LogP contribution is 2.31. The number of methoxy groups -OCH3 is 1. The molecule has 3 rings (SSSR count). The molecule has 2 fully saturated rings. The van der Waals surface area contributed by atoms with E-state index in [0.29, 0.717) is 56.6 Å². The van der Waals surface area contributed by atoms with Crippen molar-refractivity contribution < 1.29 is 19.1 Å². The summed E-state index contributed by atoms with van der Waals surface area (Å²) in [5.74, 6) is 1.07. The van der Waals surface area contributed by atoms with Crippen molar-refractivity contribution >= 4 is 11.9 Å². The number of urea groups is 1. The van der Waals surface area contributed by atoms with Crippen molar-refractivity contribution in [1.29, 1.82) is 0 Å². The maximum Gasteiger partial charge on any atom is 0.317 e. The number of nitrogens with one attached hydrogen (secondary N) is 1. The molecule has 1 saturated carbocycles. The van der Waals surface area contributed by atoms with Gasteiger partial charge in [-0.25, -0.2) is 4.79 Å². The Hall–Kier alpha value is -2.54. The Bertz CT molecular complexity index is 705. The van der Waals surface area contributed by atoms with E-state index in [0.717, 1.165) is 12.8 Å². The van der Waals surface area contributed by atoms with E-state index in [2.05, 4.69) is 11.9 Å². The molecule has 1 unspecified atom stereocenters. The quantitative estimate of drug-likeness (QED) is 0.694. The van der Waals surface area contributed by atoms with Crippen molar-refractivity contribution in [3.63, 3.8) is 0 Å². The molecule has 1 aromatic rings. The summed E-state index contributed by atoms with van der Waals surface area (Å²) < 4.78 is 11.2. The van der Waals surface area contributed by atoms with Gasteiger partial charge in [0.15, 0.2) is 0 Å². The van der Waals surface area contributed by atoms with Crippen molar-refractivity contribution in [2.24, 2.45) is 5.92 Å². The Morgan fingerprint density at radius 1 is 1.36 bits per heavy atom. The van der Waals surface area contributed by atoms with Gasteiger partial charge in [0, 0.05) is 26.2 Å². The standard InChI is InChI=1S/C21H29N3O4/c1-3-10-22-21(26)23-11-12-28-17(14-23)15-24(13-16-8-9-16)20(25)18-6-4-5-7-19(18)27-2/h3-7,16-17H,1,8-15H2,2H3,(H,22,26).